The highest BCUT2D eigenvalue weighted by molar-refractivity contribution is 6.34. The van der Waals surface area contributed by atoms with Gasteiger partial charge in [-0.25, -0.2) is 0 Å². The molecule has 0 amide bonds. The van der Waals surface area contributed by atoms with Crippen LogP contribution in [0.3, 0.4) is 0 Å². The molecule has 0 saturated carbocycles. The number of β-amino-alcohol motifs (C(OH)–C–C–N with tert-alkyl or cyclic N) is 1. The van der Waals surface area contributed by atoms with Crippen molar-refractivity contribution in [3.8, 4) is 34.4 Å². The summed E-state index contributed by atoms with van der Waals surface area (Å²) in [6.45, 7) is 4.91. The molecule has 1 atom stereocenters. The van der Waals surface area contributed by atoms with Gasteiger partial charge in [0.05, 0.1) is 42.0 Å². The molecule has 0 aromatic heterocycles. The normalized spacial score (nSPS) is 15.0. The second kappa shape index (κ2) is 16.8. The smallest absolute Gasteiger partial charge is 0.174 e. The molecular weight excluding hydrogens is 605 g/mol. The molecule has 1 aliphatic rings. The number of nitriles is 1. The molecule has 3 aromatic carbocycles. The maximum Gasteiger partial charge on any atom is 0.174 e. The number of rotatable bonds is 16. The fourth-order valence-corrected chi connectivity index (χ4v) is 5.64. The van der Waals surface area contributed by atoms with Crippen molar-refractivity contribution in [3.05, 3.63) is 75.3 Å². The second-order valence-corrected chi connectivity index (χ2v) is 11.5. The van der Waals surface area contributed by atoms with Crippen LogP contribution in [0.4, 0.5) is 0 Å². The van der Waals surface area contributed by atoms with Crippen molar-refractivity contribution < 1.29 is 29.5 Å². The molecule has 1 heterocycles. The van der Waals surface area contributed by atoms with E-state index in [4.69, 9.17) is 42.7 Å². The molecule has 0 aliphatic carbocycles. The zero-order valence-electron chi connectivity index (χ0n) is 24.8. The van der Waals surface area contributed by atoms with Crippen LogP contribution in [-0.2, 0) is 13.2 Å². The number of nitrogens with one attached hydrogen (secondary N) is 1. The number of likely N-dealkylation sites (tertiary alicyclic amines) is 1. The van der Waals surface area contributed by atoms with E-state index in [1.54, 1.807) is 12.1 Å². The minimum atomic E-state index is -0.505. The van der Waals surface area contributed by atoms with Gasteiger partial charge in [0, 0.05) is 48.9 Å². The maximum atomic E-state index is 9.72. The van der Waals surface area contributed by atoms with Gasteiger partial charge in [-0.3, -0.25) is 0 Å². The fourth-order valence-electron chi connectivity index (χ4n) is 5.11. The number of halogens is 2. The Morgan fingerprint density at radius 2 is 1.77 bits per heavy atom. The van der Waals surface area contributed by atoms with Crippen molar-refractivity contribution in [3.63, 3.8) is 0 Å². The third-order valence-corrected chi connectivity index (χ3v) is 8.33. The molecule has 4 rings (SSSR count). The Kier molecular flexibility index (Phi) is 12.9. The first kappa shape index (κ1) is 33.8. The summed E-state index contributed by atoms with van der Waals surface area (Å²) < 4.78 is 17.8. The average molecular weight is 645 g/mol. The quantitative estimate of drug-likeness (QED) is 0.164. The summed E-state index contributed by atoms with van der Waals surface area (Å²) in [5, 5.41) is 41.4. The molecule has 0 bridgehead atoms. The molecule has 11 heteroatoms. The minimum Gasteiger partial charge on any atom is -0.493 e. The minimum absolute atomic E-state index is 0.138. The van der Waals surface area contributed by atoms with Gasteiger partial charge < -0.3 is 39.7 Å². The van der Waals surface area contributed by atoms with Crippen LogP contribution in [0.15, 0.2) is 48.5 Å². The van der Waals surface area contributed by atoms with Crippen LogP contribution < -0.4 is 19.5 Å². The number of ether oxygens (including phenoxy) is 3. The number of benzene rings is 3. The van der Waals surface area contributed by atoms with Gasteiger partial charge in [0.15, 0.2) is 6.61 Å². The van der Waals surface area contributed by atoms with Gasteiger partial charge >= 0.3 is 0 Å². The highest BCUT2D eigenvalue weighted by Gasteiger charge is 2.20. The Bertz CT molecular complexity index is 1430. The summed E-state index contributed by atoms with van der Waals surface area (Å²) in [4.78, 5) is 2.26. The summed E-state index contributed by atoms with van der Waals surface area (Å²) in [6, 6.07) is 16.4. The second-order valence-electron chi connectivity index (χ2n) is 10.7. The van der Waals surface area contributed by atoms with Crippen molar-refractivity contribution in [1.82, 2.24) is 10.2 Å². The third-order valence-electron chi connectivity index (χ3n) is 7.59. The lowest BCUT2D eigenvalue weighted by molar-refractivity contribution is 0.170. The van der Waals surface area contributed by atoms with E-state index >= 15 is 0 Å². The summed E-state index contributed by atoms with van der Waals surface area (Å²) >= 11 is 13.5. The Hall–Kier alpha value is -3.07. The number of hydrogen-bond donors (Lipinski definition) is 4. The lowest BCUT2D eigenvalue weighted by atomic mass is 9.98. The third kappa shape index (κ3) is 8.99. The van der Waals surface area contributed by atoms with Crippen LogP contribution in [0.2, 0.25) is 10.0 Å². The van der Waals surface area contributed by atoms with Crippen molar-refractivity contribution in [2.75, 3.05) is 46.1 Å². The molecule has 0 spiro atoms. The van der Waals surface area contributed by atoms with Crippen LogP contribution in [-0.4, -0.2) is 78.4 Å². The molecule has 1 saturated heterocycles. The summed E-state index contributed by atoms with van der Waals surface area (Å²) in [5.41, 5.74) is 4.22. The van der Waals surface area contributed by atoms with E-state index in [9.17, 15) is 15.3 Å². The lowest BCUT2D eigenvalue weighted by Crippen LogP contribution is -2.35. The van der Waals surface area contributed by atoms with E-state index in [-0.39, 0.29) is 39.1 Å². The molecule has 1 aliphatic heterocycles. The van der Waals surface area contributed by atoms with Crippen LogP contribution in [0.5, 0.6) is 17.2 Å². The molecule has 9 nitrogen and oxygen atoms in total. The van der Waals surface area contributed by atoms with E-state index in [1.165, 1.54) is 0 Å². The molecule has 3 aromatic rings. The van der Waals surface area contributed by atoms with E-state index < -0.39 is 6.04 Å². The number of aliphatic hydroxyl groups is 3. The van der Waals surface area contributed by atoms with Crippen molar-refractivity contribution >= 4 is 23.2 Å². The van der Waals surface area contributed by atoms with Gasteiger partial charge in [0.1, 0.15) is 29.9 Å². The Morgan fingerprint density at radius 1 is 1.00 bits per heavy atom. The summed E-state index contributed by atoms with van der Waals surface area (Å²) in [7, 11) is 0. The monoisotopic (exact) mass is 643 g/mol. The van der Waals surface area contributed by atoms with Gasteiger partial charge in [0.2, 0.25) is 0 Å². The molecule has 44 heavy (non-hydrogen) atoms. The van der Waals surface area contributed by atoms with Gasteiger partial charge in [-0.2, -0.15) is 5.26 Å². The fraction of sp³-hybridized carbons (Fsp3) is 0.424. The highest BCUT2D eigenvalue weighted by atomic mass is 35.5. The standard InChI is InChI=1S/C33H39Cl2N3O6/c1-22-27(6-3-8-30(22)42-13-4-11-38-12-9-26(41)18-38)28-7-2-5-23(33(28)35)21-44-32-16-31(43-14-10-36)24(15-29(32)34)17-37-25(19-39)20-40/h2-3,5-8,15-16,25-26,37,39-41H,4,9,11-14,17-21H2,1H3. The molecule has 236 valence electrons. The Labute approximate surface area is 268 Å². The first-order valence-electron chi connectivity index (χ1n) is 14.6. The predicted octanol–water partition coefficient (Wildman–Crippen LogP) is 4.73. The molecule has 0 radical (unpaired) electrons. The number of nitrogens with zero attached hydrogens (tertiary/aromatic N) is 2. The van der Waals surface area contributed by atoms with Gasteiger partial charge in [0.25, 0.3) is 0 Å². The summed E-state index contributed by atoms with van der Waals surface area (Å²) in [5.74, 6) is 1.57. The van der Waals surface area contributed by atoms with E-state index in [1.807, 2.05) is 49.4 Å². The zero-order chi connectivity index (χ0) is 31.5. The van der Waals surface area contributed by atoms with Crippen LogP contribution in [0.25, 0.3) is 11.1 Å². The van der Waals surface area contributed by atoms with Crippen molar-refractivity contribution in [2.45, 2.75) is 45.1 Å². The molecule has 1 unspecified atom stereocenters. The topological polar surface area (TPSA) is 127 Å². The Morgan fingerprint density at radius 3 is 2.50 bits per heavy atom. The SMILES string of the molecule is Cc1c(OCCCN2CCC(O)C2)cccc1-c1cccc(COc2cc(OCC#N)c(CNC(CO)CO)cc2Cl)c1Cl. The van der Waals surface area contributed by atoms with E-state index in [0.717, 1.165) is 60.5 Å². The predicted molar refractivity (Wildman–Crippen MR) is 170 cm³/mol. The molecule has 4 N–H and O–H groups in total. The average Bonchev–Trinajstić information content (AvgIpc) is 3.44. The first-order chi connectivity index (χ1) is 21.3. The van der Waals surface area contributed by atoms with Crippen LogP contribution >= 0.6 is 23.2 Å². The van der Waals surface area contributed by atoms with Crippen molar-refractivity contribution in [1.29, 1.82) is 5.26 Å². The highest BCUT2D eigenvalue weighted by Crippen LogP contribution is 2.38. The lowest BCUT2D eigenvalue weighted by Gasteiger charge is -2.18. The number of aliphatic hydroxyl groups excluding tert-OH is 3. The largest absolute Gasteiger partial charge is 0.493 e. The summed E-state index contributed by atoms with van der Waals surface area (Å²) in [6.07, 6.45) is 1.49. The van der Waals surface area contributed by atoms with Gasteiger partial charge in [-0.15, -0.1) is 0 Å². The van der Waals surface area contributed by atoms with Crippen molar-refractivity contribution in [2.24, 2.45) is 0 Å². The van der Waals surface area contributed by atoms with Crippen LogP contribution in [0.1, 0.15) is 29.5 Å². The number of hydrogen-bond acceptors (Lipinski definition) is 9. The maximum absolute atomic E-state index is 9.72. The molecule has 1 fully saturated rings. The van der Waals surface area contributed by atoms with E-state index in [0.29, 0.717) is 33.7 Å². The first-order valence-corrected chi connectivity index (χ1v) is 15.4. The van der Waals surface area contributed by atoms with E-state index in [2.05, 4.69) is 10.2 Å². The Balaban J connectivity index is 1.45. The zero-order valence-corrected chi connectivity index (χ0v) is 26.3. The van der Waals surface area contributed by atoms with Gasteiger partial charge in [-0.05, 0) is 43.0 Å². The van der Waals surface area contributed by atoms with Gasteiger partial charge in [-0.1, -0.05) is 53.5 Å². The van der Waals surface area contributed by atoms with Crippen LogP contribution in [0, 0.1) is 18.3 Å². The molecular formula is C33H39Cl2N3O6.